The van der Waals surface area contributed by atoms with E-state index in [-0.39, 0.29) is 23.8 Å². The van der Waals surface area contributed by atoms with E-state index in [9.17, 15) is 18.7 Å². The molecule has 1 fully saturated rings. The highest BCUT2D eigenvalue weighted by Crippen LogP contribution is 2.33. The number of aliphatic hydroxyl groups is 1. The average Bonchev–Trinajstić information content (AvgIpc) is 3.05. The van der Waals surface area contributed by atoms with Gasteiger partial charge in [-0.05, 0) is 36.2 Å². The molecule has 2 aromatic carbocycles. The maximum atomic E-state index is 13.7. The van der Waals surface area contributed by atoms with E-state index in [0.717, 1.165) is 0 Å². The first kappa shape index (κ1) is 16.6. The standard InChI is InChI=1S/C20H16F2N2O2/c21-16-6-4-15(5-7-16)20(26)8-9-24(12-20)19(25)14-10-13-2-1-3-17(22)18(13)23-11-14/h1-7,10-11,26H,8-9,12H2. The lowest BCUT2D eigenvalue weighted by molar-refractivity contribution is 0.0417. The lowest BCUT2D eigenvalue weighted by Gasteiger charge is -2.24. The number of rotatable bonds is 2. The molecular formula is C20H16F2N2O2. The van der Waals surface area contributed by atoms with Gasteiger partial charge in [-0.3, -0.25) is 9.78 Å². The lowest BCUT2D eigenvalue weighted by Crippen LogP contribution is -2.34. The van der Waals surface area contributed by atoms with Crippen LogP contribution in [0.4, 0.5) is 8.78 Å². The Balaban J connectivity index is 1.59. The number of carbonyl (C=O) groups is 1. The van der Waals surface area contributed by atoms with Gasteiger partial charge in [-0.25, -0.2) is 8.78 Å². The molecule has 0 saturated carbocycles. The predicted molar refractivity (Wildman–Crippen MR) is 92.5 cm³/mol. The zero-order valence-electron chi connectivity index (χ0n) is 13.8. The van der Waals surface area contributed by atoms with Crippen molar-refractivity contribution >= 4 is 16.8 Å². The van der Waals surface area contributed by atoms with Gasteiger partial charge < -0.3 is 10.0 Å². The monoisotopic (exact) mass is 354 g/mol. The van der Waals surface area contributed by atoms with E-state index in [4.69, 9.17) is 0 Å². The first-order valence-electron chi connectivity index (χ1n) is 8.28. The largest absolute Gasteiger partial charge is 0.383 e. The predicted octanol–water partition coefficient (Wildman–Crippen LogP) is 3.25. The fourth-order valence-electron chi connectivity index (χ4n) is 3.39. The Morgan fingerprint density at radius 2 is 1.92 bits per heavy atom. The molecular weight excluding hydrogens is 338 g/mol. The lowest BCUT2D eigenvalue weighted by atomic mass is 9.93. The van der Waals surface area contributed by atoms with Gasteiger partial charge in [0.05, 0.1) is 12.1 Å². The summed E-state index contributed by atoms with van der Waals surface area (Å²) in [6.45, 7) is 0.479. The summed E-state index contributed by atoms with van der Waals surface area (Å²) >= 11 is 0. The van der Waals surface area contributed by atoms with Crippen LogP contribution in [0, 0.1) is 11.6 Å². The summed E-state index contributed by atoms with van der Waals surface area (Å²) in [4.78, 5) is 18.4. The Kier molecular flexibility index (Phi) is 3.92. The van der Waals surface area contributed by atoms with Crippen LogP contribution in [-0.4, -0.2) is 34.0 Å². The number of benzene rings is 2. The number of carbonyl (C=O) groups excluding carboxylic acids is 1. The van der Waals surface area contributed by atoms with Gasteiger partial charge in [0.2, 0.25) is 0 Å². The molecule has 1 unspecified atom stereocenters. The molecule has 132 valence electrons. The van der Waals surface area contributed by atoms with E-state index in [1.807, 2.05) is 0 Å². The highest BCUT2D eigenvalue weighted by molar-refractivity contribution is 5.97. The summed E-state index contributed by atoms with van der Waals surface area (Å²) < 4.78 is 26.8. The molecule has 26 heavy (non-hydrogen) atoms. The Labute approximate surface area is 148 Å². The van der Waals surface area contributed by atoms with Gasteiger partial charge >= 0.3 is 0 Å². The molecule has 6 heteroatoms. The summed E-state index contributed by atoms with van der Waals surface area (Å²) in [5.74, 6) is -1.09. The summed E-state index contributed by atoms with van der Waals surface area (Å²) in [6, 6.07) is 11.8. The summed E-state index contributed by atoms with van der Waals surface area (Å²) in [5.41, 5.74) is -0.0765. The summed E-state index contributed by atoms with van der Waals surface area (Å²) in [6.07, 6.45) is 1.71. The molecule has 1 aliphatic heterocycles. The fourth-order valence-corrected chi connectivity index (χ4v) is 3.39. The summed E-state index contributed by atoms with van der Waals surface area (Å²) in [7, 11) is 0. The van der Waals surface area contributed by atoms with E-state index in [0.29, 0.717) is 29.5 Å². The number of hydrogen-bond acceptors (Lipinski definition) is 3. The maximum Gasteiger partial charge on any atom is 0.255 e. The molecule has 0 aliphatic carbocycles. The van der Waals surface area contributed by atoms with Gasteiger partial charge in [-0.1, -0.05) is 24.3 Å². The third-order valence-corrected chi connectivity index (χ3v) is 4.83. The van der Waals surface area contributed by atoms with Gasteiger partial charge in [0.15, 0.2) is 0 Å². The van der Waals surface area contributed by atoms with Crippen molar-refractivity contribution in [1.82, 2.24) is 9.88 Å². The SMILES string of the molecule is O=C(c1cnc2c(F)cccc2c1)N1CCC(O)(c2ccc(F)cc2)C1. The zero-order chi connectivity index (χ0) is 18.3. The Hall–Kier alpha value is -2.86. The van der Waals surface area contributed by atoms with Crippen molar-refractivity contribution in [1.29, 1.82) is 0 Å². The molecule has 1 N–H and O–H groups in total. The molecule has 3 aromatic rings. The minimum atomic E-state index is -1.21. The second-order valence-corrected chi connectivity index (χ2v) is 6.55. The van der Waals surface area contributed by atoms with Crippen molar-refractivity contribution in [2.24, 2.45) is 0 Å². The number of para-hydroxylation sites is 1. The second-order valence-electron chi connectivity index (χ2n) is 6.55. The van der Waals surface area contributed by atoms with Crippen molar-refractivity contribution in [3.63, 3.8) is 0 Å². The third kappa shape index (κ3) is 2.82. The topological polar surface area (TPSA) is 53.4 Å². The molecule has 1 atom stereocenters. The van der Waals surface area contributed by atoms with Crippen molar-refractivity contribution in [3.8, 4) is 0 Å². The molecule has 2 heterocycles. The molecule has 4 rings (SSSR count). The minimum Gasteiger partial charge on any atom is -0.383 e. The number of likely N-dealkylation sites (tertiary alicyclic amines) is 1. The van der Waals surface area contributed by atoms with Crippen LogP contribution in [0.1, 0.15) is 22.3 Å². The van der Waals surface area contributed by atoms with E-state index >= 15 is 0 Å². The third-order valence-electron chi connectivity index (χ3n) is 4.83. The van der Waals surface area contributed by atoms with Crippen LogP contribution in [-0.2, 0) is 5.60 Å². The molecule has 0 spiro atoms. The van der Waals surface area contributed by atoms with E-state index in [1.165, 1.54) is 41.4 Å². The zero-order valence-corrected chi connectivity index (χ0v) is 13.8. The Morgan fingerprint density at radius 1 is 1.15 bits per heavy atom. The van der Waals surface area contributed by atoms with E-state index < -0.39 is 11.4 Å². The van der Waals surface area contributed by atoms with Crippen molar-refractivity contribution in [3.05, 3.63) is 77.5 Å². The van der Waals surface area contributed by atoms with Gasteiger partial charge in [-0.15, -0.1) is 0 Å². The van der Waals surface area contributed by atoms with Crippen LogP contribution in [0.5, 0.6) is 0 Å². The maximum absolute atomic E-state index is 13.7. The van der Waals surface area contributed by atoms with Crippen LogP contribution in [0.2, 0.25) is 0 Å². The first-order valence-corrected chi connectivity index (χ1v) is 8.28. The number of hydrogen-bond donors (Lipinski definition) is 1. The van der Waals surface area contributed by atoms with Gasteiger partial charge in [0.25, 0.3) is 5.91 Å². The van der Waals surface area contributed by atoms with E-state index in [2.05, 4.69) is 4.98 Å². The number of pyridine rings is 1. The fraction of sp³-hybridized carbons (Fsp3) is 0.200. The number of halogens is 2. The number of nitrogens with zero attached hydrogens (tertiary/aromatic N) is 2. The quantitative estimate of drug-likeness (QED) is 0.769. The number of aromatic nitrogens is 1. The first-order chi connectivity index (χ1) is 12.5. The van der Waals surface area contributed by atoms with Crippen LogP contribution in [0.3, 0.4) is 0 Å². The Bertz CT molecular complexity index is 991. The molecule has 1 aromatic heterocycles. The van der Waals surface area contributed by atoms with Crippen LogP contribution >= 0.6 is 0 Å². The molecule has 0 bridgehead atoms. The van der Waals surface area contributed by atoms with E-state index in [1.54, 1.807) is 18.2 Å². The van der Waals surface area contributed by atoms with Gasteiger partial charge in [-0.2, -0.15) is 0 Å². The summed E-state index contributed by atoms with van der Waals surface area (Å²) in [5, 5.41) is 11.4. The molecule has 1 amide bonds. The smallest absolute Gasteiger partial charge is 0.255 e. The number of amides is 1. The average molecular weight is 354 g/mol. The number of β-amino-alcohol motifs (C(OH)–C–C–N with tert-alkyl or cyclic N) is 1. The highest BCUT2D eigenvalue weighted by atomic mass is 19.1. The second kappa shape index (κ2) is 6.14. The molecule has 1 saturated heterocycles. The van der Waals surface area contributed by atoms with Crippen LogP contribution in [0.25, 0.3) is 10.9 Å². The minimum absolute atomic E-state index is 0.110. The van der Waals surface area contributed by atoms with Crippen molar-refractivity contribution in [2.45, 2.75) is 12.0 Å². The highest BCUT2D eigenvalue weighted by Gasteiger charge is 2.39. The molecule has 4 nitrogen and oxygen atoms in total. The Morgan fingerprint density at radius 3 is 2.69 bits per heavy atom. The molecule has 0 radical (unpaired) electrons. The molecule has 1 aliphatic rings. The van der Waals surface area contributed by atoms with Crippen molar-refractivity contribution < 1.29 is 18.7 Å². The number of fused-ring (bicyclic) bond motifs is 1. The van der Waals surface area contributed by atoms with Crippen molar-refractivity contribution in [2.75, 3.05) is 13.1 Å². The normalized spacial score (nSPS) is 19.9. The van der Waals surface area contributed by atoms with Gasteiger partial charge in [0, 0.05) is 18.1 Å². The van der Waals surface area contributed by atoms with Gasteiger partial charge in [0.1, 0.15) is 22.8 Å². The van der Waals surface area contributed by atoms with Crippen LogP contribution in [0.15, 0.2) is 54.7 Å². The van der Waals surface area contributed by atoms with Crippen LogP contribution < -0.4 is 0 Å².